The SMILES string of the molecule is COC(=O)[C@@H]1Cc2cc([N+](=O)[O-])ccc2O1. The number of fused-ring (bicyclic) bond motifs is 1. The summed E-state index contributed by atoms with van der Waals surface area (Å²) < 4.78 is 9.84. The Morgan fingerprint density at radius 1 is 1.62 bits per heavy atom. The van der Waals surface area contributed by atoms with Crippen molar-refractivity contribution in [3.63, 3.8) is 0 Å². The summed E-state index contributed by atoms with van der Waals surface area (Å²) >= 11 is 0. The minimum Gasteiger partial charge on any atom is -0.478 e. The van der Waals surface area contributed by atoms with Gasteiger partial charge < -0.3 is 9.47 Å². The summed E-state index contributed by atoms with van der Waals surface area (Å²) in [5, 5.41) is 10.5. The average Bonchev–Trinajstić information content (AvgIpc) is 2.70. The second-order valence-corrected chi connectivity index (χ2v) is 3.38. The molecule has 0 fully saturated rings. The quantitative estimate of drug-likeness (QED) is 0.425. The molecule has 16 heavy (non-hydrogen) atoms. The van der Waals surface area contributed by atoms with E-state index in [0.717, 1.165) is 0 Å². The predicted octanol–water partition coefficient (Wildman–Crippen LogP) is 1.07. The molecule has 0 radical (unpaired) electrons. The standard InChI is InChI=1S/C10H9NO5/c1-15-10(12)9-5-6-4-7(11(13)14)2-3-8(6)16-9/h2-4,9H,5H2,1H3/t9-/m0/s1. The molecule has 0 saturated carbocycles. The molecule has 0 unspecified atom stereocenters. The summed E-state index contributed by atoms with van der Waals surface area (Å²) in [7, 11) is 1.27. The molecule has 6 nitrogen and oxygen atoms in total. The van der Waals surface area contributed by atoms with Crippen LogP contribution in [0.15, 0.2) is 18.2 Å². The zero-order valence-corrected chi connectivity index (χ0v) is 8.50. The molecule has 6 heteroatoms. The number of hydrogen-bond donors (Lipinski definition) is 0. The number of nitro groups is 1. The monoisotopic (exact) mass is 223 g/mol. The van der Waals surface area contributed by atoms with Gasteiger partial charge in [0.15, 0.2) is 6.10 Å². The number of benzene rings is 1. The first-order valence-electron chi connectivity index (χ1n) is 4.63. The maximum atomic E-state index is 11.2. The third-order valence-electron chi connectivity index (χ3n) is 2.39. The van der Waals surface area contributed by atoms with Crippen LogP contribution in [0.1, 0.15) is 5.56 Å². The Balaban J connectivity index is 2.24. The maximum Gasteiger partial charge on any atom is 0.347 e. The van der Waals surface area contributed by atoms with Crippen molar-refractivity contribution in [2.45, 2.75) is 12.5 Å². The highest BCUT2D eigenvalue weighted by Crippen LogP contribution is 2.32. The Hall–Kier alpha value is -2.11. The number of methoxy groups -OCH3 is 1. The van der Waals surface area contributed by atoms with Gasteiger partial charge in [-0.25, -0.2) is 4.79 Å². The van der Waals surface area contributed by atoms with Crippen LogP contribution in [0.3, 0.4) is 0 Å². The number of carbonyl (C=O) groups is 1. The number of nitrogens with zero attached hydrogens (tertiary/aromatic N) is 1. The summed E-state index contributed by atoms with van der Waals surface area (Å²) in [5.41, 5.74) is 0.650. The largest absolute Gasteiger partial charge is 0.478 e. The molecule has 0 bridgehead atoms. The van der Waals surface area contributed by atoms with Crippen molar-refractivity contribution in [2.24, 2.45) is 0 Å². The first-order valence-corrected chi connectivity index (χ1v) is 4.63. The lowest BCUT2D eigenvalue weighted by Gasteiger charge is -2.06. The summed E-state index contributed by atoms with van der Waals surface area (Å²) in [5.74, 6) is 0.0276. The first-order chi connectivity index (χ1) is 7.61. The minimum atomic E-state index is -0.693. The van der Waals surface area contributed by atoms with E-state index in [1.807, 2.05) is 0 Å². The highest BCUT2D eigenvalue weighted by molar-refractivity contribution is 5.76. The number of ether oxygens (including phenoxy) is 2. The van der Waals surface area contributed by atoms with E-state index in [9.17, 15) is 14.9 Å². The number of non-ortho nitro benzene ring substituents is 1. The average molecular weight is 223 g/mol. The molecule has 0 aliphatic carbocycles. The zero-order chi connectivity index (χ0) is 11.7. The Bertz CT molecular complexity index is 457. The summed E-state index contributed by atoms with van der Waals surface area (Å²) in [6.45, 7) is 0. The maximum absolute atomic E-state index is 11.2. The molecule has 1 aliphatic rings. The van der Waals surface area contributed by atoms with E-state index in [1.165, 1.54) is 25.3 Å². The molecule has 0 amide bonds. The van der Waals surface area contributed by atoms with Crippen LogP contribution in [-0.2, 0) is 16.0 Å². The van der Waals surface area contributed by atoms with Crippen LogP contribution in [0, 0.1) is 10.1 Å². The Morgan fingerprint density at radius 2 is 2.38 bits per heavy atom. The van der Waals surface area contributed by atoms with E-state index in [2.05, 4.69) is 4.74 Å². The van der Waals surface area contributed by atoms with Crippen LogP contribution in [0.4, 0.5) is 5.69 Å². The summed E-state index contributed by atoms with van der Waals surface area (Å²) in [6.07, 6.45) is -0.383. The van der Waals surface area contributed by atoms with Crippen molar-refractivity contribution in [2.75, 3.05) is 7.11 Å². The fraction of sp³-hybridized carbons (Fsp3) is 0.300. The Morgan fingerprint density at radius 3 is 3.00 bits per heavy atom. The van der Waals surface area contributed by atoms with Crippen LogP contribution in [0.5, 0.6) is 5.75 Å². The minimum absolute atomic E-state index is 0.00661. The van der Waals surface area contributed by atoms with E-state index in [4.69, 9.17) is 4.74 Å². The van der Waals surface area contributed by atoms with Crippen molar-refractivity contribution >= 4 is 11.7 Å². The van der Waals surface area contributed by atoms with Crippen molar-refractivity contribution in [3.8, 4) is 5.75 Å². The smallest absolute Gasteiger partial charge is 0.347 e. The van der Waals surface area contributed by atoms with Gasteiger partial charge in [0.05, 0.1) is 12.0 Å². The van der Waals surface area contributed by atoms with Crippen LogP contribution in [-0.4, -0.2) is 24.1 Å². The molecule has 1 aromatic carbocycles. The van der Waals surface area contributed by atoms with Crippen LogP contribution >= 0.6 is 0 Å². The number of carbonyl (C=O) groups excluding carboxylic acids is 1. The molecule has 2 rings (SSSR count). The van der Waals surface area contributed by atoms with E-state index in [-0.39, 0.29) is 5.69 Å². The van der Waals surface area contributed by atoms with Gasteiger partial charge in [0.25, 0.3) is 5.69 Å². The van der Waals surface area contributed by atoms with Gasteiger partial charge in [-0.1, -0.05) is 0 Å². The molecule has 0 aromatic heterocycles. The van der Waals surface area contributed by atoms with Crippen LogP contribution in [0.25, 0.3) is 0 Å². The van der Waals surface area contributed by atoms with Gasteiger partial charge in [0.1, 0.15) is 5.75 Å². The third-order valence-corrected chi connectivity index (χ3v) is 2.39. The van der Waals surface area contributed by atoms with Gasteiger partial charge in [-0.15, -0.1) is 0 Å². The Labute approximate surface area is 90.9 Å². The van der Waals surface area contributed by atoms with Crippen molar-refractivity contribution in [3.05, 3.63) is 33.9 Å². The normalized spacial score (nSPS) is 17.4. The lowest BCUT2D eigenvalue weighted by molar-refractivity contribution is -0.384. The second-order valence-electron chi connectivity index (χ2n) is 3.38. The van der Waals surface area contributed by atoms with E-state index in [0.29, 0.717) is 17.7 Å². The molecule has 84 valence electrons. The fourth-order valence-corrected chi connectivity index (χ4v) is 1.61. The molecule has 1 aliphatic heterocycles. The van der Waals surface area contributed by atoms with E-state index in [1.54, 1.807) is 0 Å². The Kier molecular flexibility index (Phi) is 2.47. The number of rotatable bonds is 2. The summed E-state index contributed by atoms with van der Waals surface area (Å²) in [6, 6.07) is 4.26. The van der Waals surface area contributed by atoms with Crippen molar-refractivity contribution in [1.82, 2.24) is 0 Å². The van der Waals surface area contributed by atoms with Gasteiger partial charge >= 0.3 is 5.97 Å². The molecule has 1 heterocycles. The van der Waals surface area contributed by atoms with E-state index < -0.39 is 17.0 Å². The number of hydrogen-bond acceptors (Lipinski definition) is 5. The molecule has 0 N–H and O–H groups in total. The zero-order valence-electron chi connectivity index (χ0n) is 8.50. The summed E-state index contributed by atoms with van der Waals surface area (Å²) in [4.78, 5) is 21.3. The highest BCUT2D eigenvalue weighted by atomic mass is 16.6. The van der Waals surface area contributed by atoms with Gasteiger partial charge in [0, 0.05) is 24.1 Å². The topological polar surface area (TPSA) is 78.7 Å². The molecular weight excluding hydrogens is 214 g/mol. The number of esters is 1. The molecule has 0 spiro atoms. The van der Waals surface area contributed by atoms with Crippen molar-refractivity contribution in [1.29, 1.82) is 0 Å². The highest BCUT2D eigenvalue weighted by Gasteiger charge is 2.30. The molecule has 0 saturated heterocycles. The van der Waals surface area contributed by atoms with Gasteiger partial charge in [-0.05, 0) is 6.07 Å². The van der Waals surface area contributed by atoms with Gasteiger partial charge in [0.2, 0.25) is 0 Å². The molecule has 1 atom stereocenters. The molecule has 1 aromatic rings. The van der Waals surface area contributed by atoms with Gasteiger partial charge in [-0.2, -0.15) is 0 Å². The third kappa shape index (κ3) is 1.69. The van der Waals surface area contributed by atoms with Crippen molar-refractivity contribution < 1.29 is 19.2 Å². The number of nitro benzene ring substituents is 1. The predicted molar refractivity (Wildman–Crippen MR) is 53.2 cm³/mol. The lowest BCUT2D eigenvalue weighted by Crippen LogP contribution is -2.26. The van der Waals surface area contributed by atoms with Crippen LogP contribution < -0.4 is 4.74 Å². The van der Waals surface area contributed by atoms with Gasteiger partial charge in [-0.3, -0.25) is 10.1 Å². The fourth-order valence-electron chi connectivity index (χ4n) is 1.61. The van der Waals surface area contributed by atoms with Crippen LogP contribution in [0.2, 0.25) is 0 Å². The second kappa shape index (κ2) is 3.80. The molecular formula is C10H9NO5. The van der Waals surface area contributed by atoms with E-state index >= 15 is 0 Å². The lowest BCUT2D eigenvalue weighted by atomic mass is 10.1. The first kappa shape index (κ1) is 10.4.